The van der Waals surface area contributed by atoms with Crippen molar-refractivity contribution < 1.29 is 4.79 Å². The SMILES string of the molecule is CCCC(CCC)C(=O)c1csc2c(Br)cccc12. The molecule has 19 heavy (non-hydrogen) atoms. The first-order valence-electron chi connectivity index (χ1n) is 6.89. The number of carbonyl (C=O) groups is 1. The van der Waals surface area contributed by atoms with E-state index in [0.29, 0.717) is 5.78 Å². The molecular weight excluding hydrogens is 320 g/mol. The zero-order chi connectivity index (χ0) is 13.8. The third-order valence-corrected chi connectivity index (χ3v) is 5.41. The van der Waals surface area contributed by atoms with Gasteiger partial charge >= 0.3 is 0 Å². The maximum Gasteiger partial charge on any atom is 0.167 e. The van der Waals surface area contributed by atoms with Gasteiger partial charge in [-0.05, 0) is 34.8 Å². The number of benzene rings is 1. The number of Topliss-reactive ketones (excluding diaryl/α,β-unsaturated/α-hetero) is 1. The number of hydrogen-bond acceptors (Lipinski definition) is 2. The van der Waals surface area contributed by atoms with Crippen molar-refractivity contribution in [1.82, 2.24) is 0 Å². The molecule has 0 unspecified atom stereocenters. The molecule has 0 N–H and O–H groups in total. The van der Waals surface area contributed by atoms with Crippen molar-refractivity contribution in [3.63, 3.8) is 0 Å². The van der Waals surface area contributed by atoms with E-state index < -0.39 is 0 Å². The molecule has 3 heteroatoms. The van der Waals surface area contributed by atoms with Gasteiger partial charge in [0, 0.05) is 31.4 Å². The number of thiophene rings is 1. The van der Waals surface area contributed by atoms with Crippen LogP contribution >= 0.6 is 27.3 Å². The van der Waals surface area contributed by atoms with Crippen molar-refractivity contribution in [3.8, 4) is 0 Å². The van der Waals surface area contributed by atoms with Crippen molar-refractivity contribution in [2.75, 3.05) is 0 Å². The van der Waals surface area contributed by atoms with E-state index in [1.807, 2.05) is 17.5 Å². The minimum absolute atomic E-state index is 0.187. The van der Waals surface area contributed by atoms with Gasteiger partial charge in [0.2, 0.25) is 0 Å². The molecule has 1 nitrogen and oxygen atoms in total. The summed E-state index contributed by atoms with van der Waals surface area (Å²) in [6.07, 6.45) is 4.14. The molecule has 0 radical (unpaired) electrons. The van der Waals surface area contributed by atoms with Gasteiger partial charge in [0.1, 0.15) is 0 Å². The predicted molar refractivity (Wildman–Crippen MR) is 87.2 cm³/mol. The summed E-state index contributed by atoms with van der Waals surface area (Å²) < 4.78 is 2.26. The maximum absolute atomic E-state index is 12.7. The fraction of sp³-hybridized carbons (Fsp3) is 0.438. The molecular formula is C16H19BrOS. The number of carbonyl (C=O) groups excluding carboxylic acids is 1. The van der Waals surface area contributed by atoms with Crippen LogP contribution in [0.4, 0.5) is 0 Å². The standard InChI is InChI=1S/C16H19BrOS/c1-3-6-11(7-4-2)15(18)13-10-19-16-12(13)8-5-9-14(16)17/h5,8-11H,3-4,6-7H2,1-2H3. The Balaban J connectivity index is 2.37. The minimum atomic E-state index is 0.187. The van der Waals surface area contributed by atoms with Gasteiger partial charge in [0.05, 0.1) is 0 Å². The highest BCUT2D eigenvalue weighted by Crippen LogP contribution is 2.34. The lowest BCUT2D eigenvalue weighted by molar-refractivity contribution is 0.0907. The minimum Gasteiger partial charge on any atom is -0.294 e. The van der Waals surface area contributed by atoms with E-state index in [0.717, 1.165) is 41.1 Å². The highest BCUT2D eigenvalue weighted by Gasteiger charge is 2.21. The topological polar surface area (TPSA) is 17.1 Å². The molecule has 0 amide bonds. The molecule has 0 fully saturated rings. The van der Waals surface area contributed by atoms with Gasteiger partial charge < -0.3 is 0 Å². The first kappa shape index (κ1) is 14.7. The van der Waals surface area contributed by atoms with Gasteiger partial charge in [0.25, 0.3) is 0 Å². The average molecular weight is 339 g/mol. The zero-order valence-electron chi connectivity index (χ0n) is 11.4. The molecule has 0 aliphatic rings. The van der Waals surface area contributed by atoms with Gasteiger partial charge in [-0.1, -0.05) is 38.8 Å². The van der Waals surface area contributed by atoms with Crippen LogP contribution in [0.25, 0.3) is 10.1 Å². The Morgan fingerprint density at radius 1 is 1.26 bits per heavy atom. The van der Waals surface area contributed by atoms with Crippen LogP contribution in [0, 0.1) is 5.92 Å². The number of fused-ring (bicyclic) bond motifs is 1. The van der Waals surface area contributed by atoms with Crippen LogP contribution in [0.5, 0.6) is 0 Å². The molecule has 1 heterocycles. The lowest BCUT2D eigenvalue weighted by Gasteiger charge is -2.13. The van der Waals surface area contributed by atoms with Crippen LogP contribution in [0.15, 0.2) is 28.1 Å². The van der Waals surface area contributed by atoms with E-state index in [-0.39, 0.29) is 5.92 Å². The molecule has 0 saturated carbocycles. The van der Waals surface area contributed by atoms with Crippen LogP contribution in [0.2, 0.25) is 0 Å². The highest BCUT2D eigenvalue weighted by atomic mass is 79.9. The van der Waals surface area contributed by atoms with Gasteiger partial charge in [-0.3, -0.25) is 4.79 Å². The van der Waals surface area contributed by atoms with Crippen molar-refractivity contribution >= 4 is 43.1 Å². The van der Waals surface area contributed by atoms with Crippen LogP contribution in [0.1, 0.15) is 49.9 Å². The molecule has 0 aliphatic heterocycles. The fourth-order valence-corrected chi connectivity index (χ4v) is 4.15. The number of rotatable bonds is 6. The van der Waals surface area contributed by atoms with Crippen LogP contribution < -0.4 is 0 Å². The van der Waals surface area contributed by atoms with Crippen molar-refractivity contribution in [3.05, 3.63) is 33.6 Å². The van der Waals surface area contributed by atoms with Crippen molar-refractivity contribution in [2.24, 2.45) is 5.92 Å². The van der Waals surface area contributed by atoms with Gasteiger partial charge in [-0.2, -0.15) is 0 Å². The van der Waals surface area contributed by atoms with E-state index in [9.17, 15) is 4.79 Å². The second kappa shape index (κ2) is 6.67. The van der Waals surface area contributed by atoms with E-state index in [2.05, 4.69) is 35.8 Å². The maximum atomic E-state index is 12.7. The Morgan fingerprint density at radius 3 is 2.58 bits per heavy atom. The number of ketones is 1. The average Bonchev–Trinajstić information content (AvgIpc) is 2.83. The van der Waals surface area contributed by atoms with E-state index in [1.165, 1.54) is 4.70 Å². The summed E-state index contributed by atoms with van der Waals surface area (Å²) >= 11 is 5.21. The third-order valence-electron chi connectivity index (χ3n) is 3.46. The summed E-state index contributed by atoms with van der Waals surface area (Å²) in [4.78, 5) is 12.7. The predicted octanol–water partition coefficient (Wildman–Crippen LogP) is 6.06. The summed E-state index contributed by atoms with van der Waals surface area (Å²) in [5.74, 6) is 0.514. The molecule has 1 aromatic carbocycles. The fourth-order valence-electron chi connectivity index (χ4n) is 2.54. The summed E-state index contributed by atoms with van der Waals surface area (Å²) in [5.41, 5.74) is 0.910. The lowest BCUT2D eigenvalue weighted by Crippen LogP contribution is -2.14. The molecule has 0 atom stereocenters. The lowest BCUT2D eigenvalue weighted by atomic mass is 9.90. The van der Waals surface area contributed by atoms with E-state index in [1.54, 1.807) is 11.3 Å². The molecule has 0 bridgehead atoms. The second-order valence-corrected chi connectivity index (χ2v) is 6.64. The van der Waals surface area contributed by atoms with Crippen molar-refractivity contribution in [1.29, 1.82) is 0 Å². The molecule has 0 spiro atoms. The van der Waals surface area contributed by atoms with Crippen LogP contribution in [-0.4, -0.2) is 5.78 Å². The quantitative estimate of drug-likeness (QED) is 0.584. The van der Waals surface area contributed by atoms with E-state index >= 15 is 0 Å². The Kier molecular flexibility index (Phi) is 5.17. The van der Waals surface area contributed by atoms with Crippen LogP contribution in [-0.2, 0) is 0 Å². The Labute approximate surface area is 127 Å². The molecule has 0 saturated heterocycles. The molecule has 2 rings (SSSR count). The Morgan fingerprint density at radius 2 is 1.95 bits per heavy atom. The number of halogens is 1. The Bertz CT molecular complexity index is 567. The van der Waals surface area contributed by atoms with Crippen molar-refractivity contribution in [2.45, 2.75) is 39.5 Å². The van der Waals surface area contributed by atoms with Crippen LogP contribution in [0.3, 0.4) is 0 Å². The second-order valence-electron chi connectivity index (χ2n) is 4.90. The molecule has 1 aromatic heterocycles. The van der Waals surface area contributed by atoms with Gasteiger partial charge in [-0.25, -0.2) is 0 Å². The first-order valence-corrected chi connectivity index (χ1v) is 8.56. The summed E-state index contributed by atoms with van der Waals surface area (Å²) in [7, 11) is 0. The highest BCUT2D eigenvalue weighted by molar-refractivity contribution is 9.10. The summed E-state index contributed by atoms with van der Waals surface area (Å²) in [6, 6.07) is 6.09. The number of hydrogen-bond donors (Lipinski definition) is 0. The van der Waals surface area contributed by atoms with Gasteiger partial charge in [-0.15, -0.1) is 11.3 Å². The molecule has 0 aliphatic carbocycles. The molecule has 102 valence electrons. The monoisotopic (exact) mass is 338 g/mol. The largest absolute Gasteiger partial charge is 0.294 e. The Hall–Kier alpha value is -0.670. The normalized spacial score (nSPS) is 11.4. The summed E-state index contributed by atoms with van der Waals surface area (Å²) in [5, 5.41) is 3.12. The van der Waals surface area contributed by atoms with E-state index in [4.69, 9.17) is 0 Å². The smallest absolute Gasteiger partial charge is 0.167 e. The zero-order valence-corrected chi connectivity index (χ0v) is 13.8. The third kappa shape index (κ3) is 3.09. The first-order chi connectivity index (χ1) is 9.19. The molecule has 2 aromatic rings. The summed E-state index contributed by atoms with van der Waals surface area (Å²) in [6.45, 7) is 4.30. The van der Waals surface area contributed by atoms with Gasteiger partial charge in [0.15, 0.2) is 5.78 Å².